The number of rotatable bonds is 5. The molecular weight excluding hydrogens is 262 g/mol. The number of aromatic nitrogens is 1. The Morgan fingerprint density at radius 2 is 1.95 bits per heavy atom. The van der Waals surface area contributed by atoms with Crippen LogP contribution in [0.3, 0.4) is 0 Å². The molecule has 2 fully saturated rings. The van der Waals surface area contributed by atoms with Gasteiger partial charge in [0.1, 0.15) is 0 Å². The van der Waals surface area contributed by atoms with E-state index in [1.807, 2.05) is 0 Å². The number of likely N-dealkylation sites (tertiary alicyclic amines) is 1. The van der Waals surface area contributed by atoms with E-state index in [2.05, 4.69) is 35.3 Å². The normalized spacial score (nSPS) is 22.4. The standard InChI is InChI=1S/C17H29N3O/c1-14(2)18-12-15-11-16(21-19-15)13-20-9-7-17(8-10-20)5-3-4-6-17/h11,14,18H,3-10,12-13H2,1-2H3. The van der Waals surface area contributed by atoms with Gasteiger partial charge in [-0.1, -0.05) is 31.8 Å². The Bertz CT molecular complexity index is 439. The molecule has 1 N–H and O–H groups in total. The monoisotopic (exact) mass is 291 g/mol. The quantitative estimate of drug-likeness (QED) is 0.903. The zero-order valence-electron chi connectivity index (χ0n) is 13.5. The summed E-state index contributed by atoms with van der Waals surface area (Å²) >= 11 is 0. The first-order valence-corrected chi connectivity index (χ1v) is 8.55. The van der Waals surface area contributed by atoms with Crippen LogP contribution in [0, 0.1) is 5.41 Å². The lowest BCUT2D eigenvalue weighted by Gasteiger charge is -2.39. The van der Waals surface area contributed by atoms with Crippen LogP contribution in [0.25, 0.3) is 0 Å². The van der Waals surface area contributed by atoms with Gasteiger partial charge < -0.3 is 9.84 Å². The first-order valence-electron chi connectivity index (χ1n) is 8.55. The average Bonchev–Trinajstić information content (AvgIpc) is 3.09. The van der Waals surface area contributed by atoms with Crippen LogP contribution in [-0.2, 0) is 13.1 Å². The zero-order chi connectivity index (χ0) is 14.7. The van der Waals surface area contributed by atoms with Crippen molar-refractivity contribution in [2.24, 2.45) is 5.41 Å². The third kappa shape index (κ3) is 3.86. The number of nitrogens with zero attached hydrogens (tertiary/aromatic N) is 2. The van der Waals surface area contributed by atoms with Gasteiger partial charge in [-0.25, -0.2) is 0 Å². The smallest absolute Gasteiger partial charge is 0.151 e. The number of hydrogen-bond acceptors (Lipinski definition) is 4. The van der Waals surface area contributed by atoms with Crippen molar-refractivity contribution in [1.82, 2.24) is 15.4 Å². The van der Waals surface area contributed by atoms with Crippen LogP contribution in [0.15, 0.2) is 10.6 Å². The van der Waals surface area contributed by atoms with Crippen LogP contribution in [0.4, 0.5) is 0 Å². The molecule has 4 heteroatoms. The summed E-state index contributed by atoms with van der Waals surface area (Å²) in [5.74, 6) is 1.01. The molecule has 118 valence electrons. The molecule has 1 spiro atoms. The van der Waals surface area contributed by atoms with Gasteiger partial charge in [0.25, 0.3) is 0 Å². The molecular formula is C17H29N3O. The van der Waals surface area contributed by atoms with Gasteiger partial charge in [-0.15, -0.1) is 0 Å². The molecule has 1 aliphatic heterocycles. The summed E-state index contributed by atoms with van der Waals surface area (Å²) in [4.78, 5) is 2.53. The van der Waals surface area contributed by atoms with Gasteiger partial charge in [-0.05, 0) is 44.2 Å². The first kappa shape index (κ1) is 15.0. The fourth-order valence-electron chi connectivity index (χ4n) is 3.85. The predicted molar refractivity (Wildman–Crippen MR) is 83.9 cm³/mol. The minimum Gasteiger partial charge on any atom is -0.360 e. The molecule has 0 amide bonds. The second-order valence-electron chi connectivity index (χ2n) is 7.30. The van der Waals surface area contributed by atoms with Gasteiger partial charge in [0.2, 0.25) is 0 Å². The lowest BCUT2D eigenvalue weighted by Crippen LogP contribution is -2.38. The minimum absolute atomic E-state index is 0.481. The maximum atomic E-state index is 5.48. The van der Waals surface area contributed by atoms with E-state index in [0.717, 1.165) is 24.5 Å². The minimum atomic E-state index is 0.481. The van der Waals surface area contributed by atoms with Gasteiger partial charge in [0.05, 0.1) is 12.2 Å². The average molecular weight is 291 g/mol. The summed E-state index contributed by atoms with van der Waals surface area (Å²) < 4.78 is 5.48. The van der Waals surface area contributed by atoms with Crippen LogP contribution in [0.2, 0.25) is 0 Å². The van der Waals surface area contributed by atoms with Crippen LogP contribution in [0.5, 0.6) is 0 Å². The summed E-state index contributed by atoms with van der Waals surface area (Å²) in [6.07, 6.45) is 8.59. The van der Waals surface area contributed by atoms with E-state index in [9.17, 15) is 0 Å². The summed E-state index contributed by atoms with van der Waals surface area (Å²) in [6.45, 7) is 8.46. The second kappa shape index (κ2) is 6.49. The van der Waals surface area contributed by atoms with E-state index in [-0.39, 0.29) is 0 Å². The Balaban J connectivity index is 1.47. The van der Waals surface area contributed by atoms with Crippen molar-refractivity contribution in [2.75, 3.05) is 13.1 Å². The Hall–Kier alpha value is -0.870. The molecule has 2 aliphatic rings. The van der Waals surface area contributed by atoms with E-state index < -0.39 is 0 Å². The van der Waals surface area contributed by atoms with Crippen molar-refractivity contribution in [3.05, 3.63) is 17.5 Å². The van der Waals surface area contributed by atoms with Crippen molar-refractivity contribution in [2.45, 2.75) is 71.5 Å². The van der Waals surface area contributed by atoms with E-state index in [0.29, 0.717) is 11.5 Å². The molecule has 3 rings (SSSR count). The van der Waals surface area contributed by atoms with Crippen LogP contribution in [0.1, 0.15) is 63.8 Å². The van der Waals surface area contributed by atoms with E-state index in [1.165, 1.54) is 51.6 Å². The molecule has 1 aromatic rings. The first-order chi connectivity index (χ1) is 10.2. The highest BCUT2D eigenvalue weighted by atomic mass is 16.5. The van der Waals surface area contributed by atoms with Gasteiger partial charge in [0, 0.05) is 18.7 Å². The SMILES string of the molecule is CC(C)NCc1cc(CN2CCC3(CCCC3)CC2)on1. The van der Waals surface area contributed by atoms with Crippen LogP contribution < -0.4 is 5.32 Å². The highest BCUT2D eigenvalue weighted by Gasteiger charge is 2.36. The van der Waals surface area contributed by atoms with Gasteiger partial charge in [0.15, 0.2) is 5.76 Å². The maximum Gasteiger partial charge on any atom is 0.151 e. The summed E-state index contributed by atoms with van der Waals surface area (Å²) in [7, 11) is 0. The van der Waals surface area contributed by atoms with Gasteiger partial charge in [-0.3, -0.25) is 4.90 Å². The number of hydrogen-bond donors (Lipinski definition) is 1. The molecule has 2 heterocycles. The molecule has 21 heavy (non-hydrogen) atoms. The fraction of sp³-hybridized carbons (Fsp3) is 0.824. The zero-order valence-corrected chi connectivity index (χ0v) is 13.5. The lowest BCUT2D eigenvalue weighted by atomic mass is 9.77. The molecule has 0 atom stereocenters. The van der Waals surface area contributed by atoms with E-state index >= 15 is 0 Å². The Morgan fingerprint density at radius 3 is 2.62 bits per heavy atom. The summed E-state index contributed by atoms with van der Waals surface area (Å²) in [5.41, 5.74) is 1.72. The number of nitrogens with one attached hydrogen (secondary N) is 1. The molecule has 1 aliphatic carbocycles. The molecule has 0 unspecified atom stereocenters. The molecule has 1 saturated heterocycles. The van der Waals surface area contributed by atoms with Crippen LogP contribution in [-0.4, -0.2) is 29.2 Å². The topological polar surface area (TPSA) is 41.3 Å². The highest BCUT2D eigenvalue weighted by molar-refractivity contribution is 5.05. The van der Waals surface area contributed by atoms with Gasteiger partial charge in [-0.2, -0.15) is 0 Å². The summed E-state index contributed by atoms with van der Waals surface area (Å²) in [5, 5.41) is 7.54. The molecule has 1 saturated carbocycles. The molecule has 4 nitrogen and oxygen atoms in total. The van der Waals surface area contributed by atoms with E-state index in [4.69, 9.17) is 4.52 Å². The Morgan fingerprint density at radius 1 is 1.24 bits per heavy atom. The van der Waals surface area contributed by atoms with Crippen molar-refractivity contribution in [3.63, 3.8) is 0 Å². The molecule has 0 aromatic carbocycles. The second-order valence-corrected chi connectivity index (χ2v) is 7.30. The molecule has 1 aromatic heterocycles. The number of piperidine rings is 1. The Labute approximate surface area is 128 Å². The Kier molecular flexibility index (Phi) is 4.65. The van der Waals surface area contributed by atoms with Crippen LogP contribution >= 0.6 is 0 Å². The molecule has 0 radical (unpaired) electrons. The lowest BCUT2D eigenvalue weighted by molar-refractivity contribution is 0.0963. The van der Waals surface area contributed by atoms with E-state index in [1.54, 1.807) is 0 Å². The fourth-order valence-corrected chi connectivity index (χ4v) is 3.85. The largest absolute Gasteiger partial charge is 0.360 e. The van der Waals surface area contributed by atoms with Crippen molar-refractivity contribution >= 4 is 0 Å². The maximum absolute atomic E-state index is 5.48. The third-order valence-corrected chi connectivity index (χ3v) is 5.26. The van der Waals surface area contributed by atoms with Crippen molar-refractivity contribution in [1.29, 1.82) is 0 Å². The van der Waals surface area contributed by atoms with Crippen molar-refractivity contribution in [3.8, 4) is 0 Å². The van der Waals surface area contributed by atoms with Gasteiger partial charge >= 0.3 is 0 Å². The predicted octanol–water partition coefficient (Wildman–Crippen LogP) is 3.33. The summed E-state index contributed by atoms with van der Waals surface area (Å²) in [6, 6.07) is 2.59. The highest BCUT2D eigenvalue weighted by Crippen LogP contribution is 2.46. The van der Waals surface area contributed by atoms with Crippen molar-refractivity contribution < 1.29 is 4.52 Å². The third-order valence-electron chi connectivity index (χ3n) is 5.26. The molecule has 0 bridgehead atoms.